The summed E-state index contributed by atoms with van der Waals surface area (Å²) in [5.74, 6) is 0. The number of aromatic nitrogens is 2. The Morgan fingerprint density at radius 2 is 2.00 bits per heavy atom. The maximum absolute atomic E-state index is 4.07. The van der Waals surface area contributed by atoms with Crippen molar-refractivity contribution in [3.8, 4) is 0 Å². The van der Waals surface area contributed by atoms with Crippen LogP contribution in [0.25, 0.3) is 0 Å². The van der Waals surface area contributed by atoms with Crippen LogP contribution in [0.4, 0.5) is 0 Å². The first-order valence-electron chi connectivity index (χ1n) is 7.34. The van der Waals surface area contributed by atoms with E-state index in [1.807, 2.05) is 18.7 Å². The molecule has 1 aliphatic carbocycles. The van der Waals surface area contributed by atoms with Gasteiger partial charge in [0.2, 0.25) is 0 Å². The number of unbranched alkanes of at least 4 members (excludes halogenated alkanes) is 1. The summed E-state index contributed by atoms with van der Waals surface area (Å²) in [6.07, 6.45) is 12.5. The van der Waals surface area contributed by atoms with Crippen molar-refractivity contribution in [2.24, 2.45) is 0 Å². The lowest BCUT2D eigenvalue weighted by Gasteiger charge is -2.16. The van der Waals surface area contributed by atoms with Crippen molar-refractivity contribution in [2.75, 3.05) is 19.6 Å². The van der Waals surface area contributed by atoms with Crippen molar-refractivity contribution in [3.05, 3.63) is 18.7 Å². The number of hydrogen-bond acceptors (Lipinski definition) is 3. The summed E-state index contributed by atoms with van der Waals surface area (Å²) < 4.78 is 2.17. The fourth-order valence-corrected chi connectivity index (χ4v) is 2.80. The largest absolute Gasteiger partial charge is 0.337 e. The molecule has 2 aliphatic rings. The van der Waals surface area contributed by atoms with Crippen LogP contribution in [0, 0.1) is 0 Å². The quantitative estimate of drug-likeness (QED) is 0.742. The van der Waals surface area contributed by atoms with Gasteiger partial charge < -0.3 is 14.8 Å². The Hall–Kier alpha value is -0.870. The van der Waals surface area contributed by atoms with Crippen molar-refractivity contribution in [1.29, 1.82) is 0 Å². The molecule has 100 valence electrons. The first kappa shape index (κ1) is 12.2. The van der Waals surface area contributed by atoms with Gasteiger partial charge in [0.15, 0.2) is 0 Å². The SMILES string of the molecule is c1cn(CCCCN2CCC(NC3CC3)C2)cn1. The molecule has 1 saturated carbocycles. The zero-order chi connectivity index (χ0) is 12.2. The predicted molar refractivity (Wildman–Crippen MR) is 72.5 cm³/mol. The number of imidazole rings is 1. The second-order valence-electron chi connectivity index (χ2n) is 5.73. The van der Waals surface area contributed by atoms with Gasteiger partial charge in [0.05, 0.1) is 6.33 Å². The van der Waals surface area contributed by atoms with Gasteiger partial charge in [-0.15, -0.1) is 0 Å². The average Bonchev–Trinajstić information content (AvgIpc) is 2.88. The van der Waals surface area contributed by atoms with Crippen molar-refractivity contribution in [3.63, 3.8) is 0 Å². The lowest BCUT2D eigenvalue weighted by atomic mass is 10.2. The summed E-state index contributed by atoms with van der Waals surface area (Å²) in [6, 6.07) is 1.63. The number of hydrogen-bond donors (Lipinski definition) is 1. The third kappa shape index (κ3) is 3.56. The van der Waals surface area contributed by atoms with E-state index in [1.165, 1.54) is 51.7 Å². The first-order valence-corrected chi connectivity index (χ1v) is 7.34. The number of nitrogens with one attached hydrogen (secondary N) is 1. The summed E-state index contributed by atoms with van der Waals surface area (Å²) in [4.78, 5) is 6.69. The number of rotatable bonds is 7. The number of nitrogens with zero attached hydrogens (tertiary/aromatic N) is 3. The van der Waals surface area contributed by atoms with E-state index in [-0.39, 0.29) is 0 Å². The third-order valence-electron chi connectivity index (χ3n) is 4.02. The second-order valence-corrected chi connectivity index (χ2v) is 5.73. The van der Waals surface area contributed by atoms with Gasteiger partial charge in [0.25, 0.3) is 0 Å². The van der Waals surface area contributed by atoms with Gasteiger partial charge in [-0.05, 0) is 45.2 Å². The normalized spacial score (nSPS) is 24.8. The predicted octanol–water partition coefficient (Wildman–Crippen LogP) is 1.49. The van der Waals surface area contributed by atoms with Crippen LogP contribution in [0.5, 0.6) is 0 Å². The maximum Gasteiger partial charge on any atom is 0.0945 e. The molecule has 2 fully saturated rings. The molecule has 2 heterocycles. The molecule has 1 aromatic heterocycles. The lowest BCUT2D eigenvalue weighted by Crippen LogP contribution is -2.34. The molecule has 1 atom stereocenters. The highest BCUT2D eigenvalue weighted by molar-refractivity contribution is 4.89. The second kappa shape index (κ2) is 5.85. The molecule has 1 N–H and O–H groups in total. The van der Waals surface area contributed by atoms with E-state index in [0.29, 0.717) is 0 Å². The van der Waals surface area contributed by atoms with Crippen LogP contribution in [0.1, 0.15) is 32.1 Å². The minimum atomic E-state index is 0.770. The molecular formula is C14H24N4. The van der Waals surface area contributed by atoms with E-state index >= 15 is 0 Å². The van der Waals surface area contributed by atoms with Crippen molar-refractivity contribution in [2.45, 2.75) is 50.7 Å². The Kier molecular flexibility index (Phi) is 3.96. The van der Waals surface area contributed by atoms with E-state index in [1.54, 1.807) is 0 Å². The smallest absolute Gasteiger partial charge is 0.0945 e. The van der Waals surface area contributed by atoms with Crippen molar-refractivity contribution < 1.29 is 0 Å². The van der Waals surface area contributed by atoms with Gasteiger partial charge in [-0.1, -0.05) is 0 Å². The zero-order valence-electron chi connectivity index (χ0n) is 11.1. The molecule has 0 bridgehead atoms. The minimum Gasteiger partial charge on any atom is -0.337 e. The summed E-state index contributed by atoms with van der Waals surface area (Å²) in [5, 5.41) is 3.74. The maximum atomic E-state index is 4.07. The van der Waals surface area contributed by atoms with Crippen LogP contribution in [0.15, 0.2) is 18.7 Å². The van der Waals surface area contributed by atoms with Crippen LogP contribution in [-0.4, -0.2) is 46.2 Å². The molecule has 0 spiro atoms. The fourth-order valence-electron chi connectivity index (χ4n) is 2.80. The molecule has 1 aliphatic heterocycles. The van der Waals surface area contributed by atoms with E-state index in [2.05, 4.69) is 19.8 Å². The molecule has 4 nitrogen and oxygen atoms in total. The summed E-state index contributed by atoms with van der Waals surface area (Å²) in [5.41, 5.74) is 0. The molecule has 0 aromatic carbocycles. The molecule has 0 radical (unpaired) electrons. The van der Waals surface area contributed by atoms with Gasteiger partial charge >= 0.3 is 0 Å². The van der Waals surface area contributed by atoms with Gasteiger partial charge in [-0.3, -0.25) is 0 Å². The monoisotopic (exact) mass is 248 g/mol. The van der Waals surface area contributed by atoms with Crippen LogP contribution in [-0.2, 0) is 6.54 Å². The molecule has 1 saturated heterocycles. The van der Waals surface area contributed by atoms with Gasteiger partial charge in [0.1, 0.15) is 0 Å². The number of likely N-dealkylation sites (tertiary alicyclic amines) is 1. The van der Waals surface area contributed by atoms with Crippen LogP contribution >= 0.6 is 0 Å². The van der Waals surface area contributed by atoms with Crippen LogP contribution < -0.4 is 5.32 Å². The summed E-state index contributed by atoms with van der Waals surface area (Å²) >= 11 is 0. The minimum absolute atomic E-state index is 0.770. The van der Waals surface area contributed by atoms with Crippen molar-refractivity contribution in [1.82, 2.24) is 19.8 Å². The Morgan fingerprint density at radius 3 is 2.78 bits per heavy atom. The molecule has 4 heteroatoms. The average molecular weight is 248 g/mol. The van der Waals surface area contributed by atoms with Gasteiger partial charge in [-0.25, -0.2) is 4.98 Å². The van der Waals surface area contributed by atoms with E-state index in [4.69, 9.17) is 0 Å². The fraction of sp³-hybridized carbons (Fsp3) is 0.786. The van der Waals surface area contributed by atoms with E-state index in [9.17, 15) is 0 Å². The Balaban J connectivity index is 1.27. The van der Waals surface area contributed by atoms with Gasteiger partial charge in [0, 0.05) is 37.6 Å². The molecule has 18 heavy (non-hydrogen) atoms. The van der Waals surface area contributed by atoms with E-state index in [0.717, 1.165) is 18.6 Å². The number of aryl methyl sites for hydroxylation is 1. The molecule has 1 aromatic rings. The van der Waals surface area contributed by atoms with Gasteiger partial charge in [-0.2, -0.15) is 0 Å². The summed E-state index contributed by atoms with van der Waals surface area (Å²) in [7, 11) is 0. The van der Waals surface area contributed by atoms with E-state index < -0.39 is 0 Å². The zero-order valence-corrected chi connectivity index (χ0v) is 11.1. The molecular weight excluding hydrogens is 224 g/mol. The van der Waals surface area contributed by atoms with Crippen LogP contribution in [0.3, 0.4) is 0 Å². The Bertz CT molecular complexity index is 345. The van der Waals surface area contributed by atoms with Crippen LogP contribution in [0.2, 0.25) is 0 Å². The highest BCUT2D eigenvalue weighted by Crippen LogP contribution is 2.22. The highest BCUT2D eigenvalue weighted by Gasteiger charge is 2.28. The Morgan fingerprint density at radius 1 is 1.11 bits per heavy atom. The molecule has 1 unspecified atom stereocenters. The summed E-state index contributed by atoms with van der Waals surface area (Å²) in [6.45, 7) is 4.92. The third-order valence-corrected chi connectivity index (χ3v) is 4.02. The lowest BCUT2D eigenvalue weighted by molar-refractivity contribution is 0.316. The molecule has 3 rings (SSSR count). The standard InChI is InChI=1S/C14H24N4/c1(2-8-18-10-6-15-12-18)7-17-9-5-14(11-17)16-13-3-4-13/h6,10,12-14,16H,1-5,7-9,11H2. The highest BCUT2D eigenvalue weighted by atomic mass is 15.2. The van der Waals surface area contributed by atoms with Crippen molar-refractivity contribution >= 4 is 0 Å². The first-order chi connectivity index (χ1) is 8.90. The Labute approximate surface area is 109 Å². The molecule has 0 amide bonds. The topological polar surface area (TPSA) is 33.1 Å².